The number of halogens is 2. The van der Waals surface area contributed by atoms with Crippen molar-refractivity contribution in [1.29, 1.82) is 0 Å². The number of carbonyl (C=O) groups excluding carboxylic acids is 1. The van der Waals surface area contributed by atoms with Crippen molar-refractivity contribution in [3.63, 3.8) is 0 Å². The van der Waals surface area contributed by atoms with E-state index >= 15 is 0 Å². The van der Waals surface area contributed by atoms with Gasteiger partial charge in [-0.3, -0.25) is 4.79 Å². The van der Waals surface area contributed by atoms with Crippen molar-refractivity contribution < 1.29 is 13.9 Å². The summed E-state index contributed by atoms with van der Waals surface area (Å²) in [6.07, 6.45) is 0.200. The van der Waals surface area contributed by atoms with Crippen LogP contribution in [0.5, 0.6) is 5.75 Å². The lowest BCUT2D eigenvalue weighted by molar-refractivity contribution is -0.117. The van der Waals surface area contributed by atoms with E-state index in [0.717, 1.165) is 0 Å². The highest BCUT2D eigenvalue weighted by Gasteiger charge is 2.33. The number of anilines is 1. The van der Waals surface area contributed by atoms with Crippen LogP contribution >= 0.6 is 11.6 Å². The van der Waals surface area contributed by atoms with Gasteiger partial charge in [0.05, 0.1) is 12.1 Å². The molecule has 1 saturated heterocycles. The van der Waals surface area contributed by atoms with Crippen LogP contribution in [-0.2, 0) is 4.79 Å². The Kier molecular flexibility index (Phi) is 4.32. The molecule has 0 spiro atoms. The quantitative estimate of drug-likeness (QED) is 0.486. The van der Waals surface area contributed by atoms with E-state index in [4.69, 9.17) is 21.9 Å². The third-order valence-electron chi connectivity index (χ3n) is 3.13. The second kappa shape index (κ2) is 5.98. The van der Waals surface area contributed by atoms with Gasteiger partial charge in [0.25, 0.3) is 0 Å². The molecular weight excluding hydrogens is 287 g/mol. The standard InChI is InChI=1S/C12H12ClFN4O2/c1-20-9-3-2-8(13)12(11(9)14)18-6-7(4-10(18)19)5-16-17-15/h2-3,7H,4-6H2,1H3. The van der Waals surface area contributed by atoms with E-state index in [9.17, 15) is 9.18 Å². The normalized spacial score (nSPS) is 18.1. The Morgan fingerprint density at radius 1 is 1.65 bits per heavy atom. The highest BCUT2D eigenvalue weighted by Crippen LogP contribution is 2.37. The summed E-state index contributed by atoms with van der Waals surface area (Å²) in [6, 6.07) is 2.88. The summed E-state index contributed by atoms with van der Waals surface area (Å²) in [7, 11) is 1.34. The SMILES string of the molecule is COc1ccc(Cl)c(N2CC(CN=[N+]=[N-])CC2=O)c1F. The van der Waals surface area contributed by atoms with Gasteiger partial charge in [-0.1, -0.05) is 16.7 Å². The Hall–Kier alpha value is -1.98. The van der Waals surface area contributed by atoms with Crippen LogP contribution in [0.25, 0.3) is 10.4 Å². The van der Waals surface area contributed by atoms with Gasteiger partial charge >= 0.3 is 0 Å². The lowest BCUT2D eigenvalue weighted by Gasteiger charge is -2.19. The molecule has 20 heavy (non-hydrogen) atoms. The van der Waals surface area contributed by atoms with Gasteiger partial charge in [0.1, 0.15) is 5.69 Å². The van der Waals surface area contributed by atoms with E-state index in [2.05, 4.69) is 10.0 Å². The van der Waals surface area contributed by atoms with Crippen molar-refractivity contribution in [3.8, 4) is 5.75 Å². The lowest BCUT2D eigenvalue weighted by Crippen LogP contribution is -2.26. The smallest absolute Gasteiger partial charge is 0.227 e. The summed E-state index contributed by atoms with van der Waals surface area (Å²) in [5, 5.41) is 3.59. The molecule has 0 aromatic heterocycles. The number of ether oxygens (including phenoxy) is 1. The van der Waals surface area contributed by atoms with Crippen molar-refractivity contribution in [2.75, 3.05) is 25.1 Å². The molecule has 0 saturated carbocycles. The molecule has 1 heterocycles. The summed E-state index contributed by atoms with van der Waals surface area (Å²) in [5.41, 5.74) is 8.31. The van der Waals surface area contributed by atoms with Crippen molar-refractivity contribution in [2.24, 2.45) is 11.0 Å². The zero-order valence-corrected chi connectivity index (χ0v) is 11.5. The van der Waals surface area contributed by atoms with E-state index in [1.54, 1.807) is 0 Å². The minimum atomic E-state index is -0.669. The fourth-order valence-electron chi connectivity index (χ4n) is 2.20. The van der Waals surface area contributed by atoms with E-state index in [1.807, 2.05) is 0 Å². The van der Waals surface area contributed by atoms with Gasteiger partial charge in [-0.15, -0.1) is 0 Å². The van der Waals surface area contributed by atoms with Gasteiger partial charge in [0.15, 0.2) is 11.6 Å². The molecule has 8 heteroatoms. The third-order valence-corrected chi connectivity index (χ3v) is 3.43. The van der Waals surface area contributed by atoms with Crippen LogP contribution in [0, 0.1) is 11.7 Å². The zero-order chi connectivity index (χ0) is 14.7. The van der Waals surface area contributed by atoms with Gasteiger partial charge in [-0.2, -0.15) is 0 Å². The first kappa shape index (κ1) is 14.4. The number of nitrogens with zero attached hydrogens (tertiary/aromatic N) is 4. The van der Waals surface area contributed by atoms with Gasteiger partial charge in [-0.05, 0) is 23.6 Å². The molecule has 2 rings (SSSR count). The first-order valence-corrected chi connectivity index (χ1v) is 6.29. The number of methoxy groups -OCH3 is 1. The Morgan fingerprint density at radius 2 is 2.40 bits per heavy atom. The molecule has 1 aromatic carbocycles. The molecule has 1 aliphatic rings. The Bertz CT molecular complexity index is 589. The first-order valence-electron chi connectivity index (χ1n) is 5.91. The average Bonchev–Trinajstić information content (AvgIpc) is 2.78. The van der Waals surface area contributed by atoms with Crippen LogP contribution < -0.4 is 9.64 Å². The predicted octanol–water partition coefficient (Wildman–Crippen LogP) is 3.15. The molecule has 0 bridgehead atoms. The van der Waals surface area contributed by atoms with Crippen LogP contribution in [0.4, 0.5) is 10.1 Å². The molecule has 1 amide bonds. The van der Waals surface area contributed by atoms with Crippen LogP contribution in [0.2, 0.25) is 5.02 Å². The molecule has 0 N–H and O–H groups in total. The van der Waals surface area contributed by atoms with E-state index in [1.165, 1.54) is 24.1 Å². The maximum atomic E-state index is 14.3. The predicted molar refractivity (Wildman–Crippen MR) is 72.4 cm³/mol. The summed E-state index contributed by atoms with van der Waals surface area (Å²) < 4.78 is 19.1. The second-order valence-electron chi connectivity index (χ2n) is 4.40. The first-order chi connectivity index (χ1) is 9.58. The molecule has 1 aromatic rings. The topological polar surface area (TPSA) is 78.3 Å². The monoisotopic (exact) mass is 298 g/mol. The molecule has 1 fully saturated rings. The molecule has 1 aliphatic heterocycles. The van der Waals surface area contributed by atoms with Crippen molar-refractivity contribution in [3.05, 3.63) is 33.4 Å². The van der Waals surface area contributed by atoms with E-state index in [-0.39, 0.29) is 47.8 Å². The molecular formula is C12H12ClFN4O2. The highest BCUT2D eigenvalue weighted by atomic mass is 35.5. The average molecular weight is 299 g/mol. The molecule has 106 valence electrons. The molecule has 0 radical (unpaired) electrons. The largest absolute Gasteiger partial charge is 0.494 e. The Morgan fingerprint density at radius 3 is 3.05 bits per heavy atom. The highest BCUT2D eigenvalue weighted by molar-refractivity contribution is 6.34. The number of azide groups is 1. The molecule has 1 atom stereocenters. The van der Waals surface area contributed by atoms with E-state index in [0.29, 0.717) is 0 Å². The number of carbonyl (C=O) groups is 1. The minimum Gasteiger partial charge on any atom is -0.494 e. The van der Waals surface area contributed by atoms with E-state index < -0.39 is 5.82 Å². The van der Waals surface area contributed by atoms with Crippen molar-refractivity contribution in [1.82, 2.24) is 0 Å². The summed E-state index contributed by atoms with van der Waals surface area (Å²) >= 11 is 5.98. The van der Waals surface area contributed by atoms with Crippen LogP contribution in [-0.4, -0.2) is 26.1 Å². The van der Waals surface area contributed by atoms with Crippen LogP contribution in [0.15, 0.2) is 17.2 Å². The van der Waals surface area contributed by atoms with Crippen molar-refractivity contribution in [2.45, 2.75) is 6.42 Å². The number of rotatable bonds is 4. The number of amides is 1. The van der Waals surface area contributed by atoms with Crippen LogP contribution in [0.1, 0.15) is 6.42 Å². The maximum Gasteiger partial charge on any atom is 0.227 e. The lowest BCUT2D eigenvalue weighted by atomic mass is 10.1. The summed E-state index contributed by atoms with van der Waals surface area (Å²) in [6.45, 7) is 0.462. The second-order valence-corrected chi connectivity index (χ2v) is 4.81. The summed E-state index contributed by atoms with van der Waals surface area (Å²) in [5.74, 6) is -1.04. The molecule has 0 aliphatic carbocycles. The third kappa shape index (κ3) is 2.64. The van der Waals surface area contributed by atoms with Gasteiger partial charge < -0.3 is 9.64 Å². The van der Waals surface area contributed by atoms with Crippen molar-refractivity contribution >= 4 is 23.2 Å². The van der Waals surface area contributed by atoms with Crippen LogP contribution in [0.3, 0.4) is 0 Å². The number of benzene rings is 1. The maximum absolute atomic E-state index is 14.3. The fraction of sp³-hybridized carbons (Fsp3) is 0.417. The fourth-order valence-corrected chi connectivity index (χ4v) is 2.45. The Balaban J connectivity index is 2.32. The summed E-state index contributed by atoms with van der Waals surface area (Å²) in [4.78, 5) is 15.9. The number of hydrogen-bond donors (Lipinski definition) is 0. The minimum absolute atomic E-state index is 0.0134. The number of hydrogen-bond acceptors (Lipinski definition) is 3. The van der Waals surface area contributed by atoms with Gasteiger partial charge in [0, 0.05) is 24.4 Å². The van der Waals surface area contributed by atoms with Gasteiger partial charge in [-0.25, -0.2) is 4.39 Å². The Labute approximate surface area is 119 Å². The zero-order valence-electron chi connectivity index (χ0n) is 10.7. The molecule has 6 nitrogen and oxygen atoms in total. The van der Waals surface area contributed by atoms with Gasteiger partial charge in [0.2, 0.25) is 5.91 Å². The molecule has 1 unspecified atom stereocenters.